The summed E-state index contributed by atoms with van der Waals surface area (Å²) in [5.74, 6) is -1.98. The van der Waals surface area contributed by atoms with E-state index < -0.39 is 24.0 Å². The van der Waals surface area contributed by atoms with Gasteiger partial charge in [0.25, 0.3) is 0 Å². The molecule has 0 fully saturated rings. The molecule has 0 spiro atoms. The third-order valence-corrected chi connectivity index (χ3v) is 2.48. The highest BCUT2D eigenvalue weighted by Crippen LogP contribution is 1.98. The predicted octanol–water partition coefficient (Wildman–Crippen LogP) is -0.160. The van der Waals surface area contributed by atoms with Gasteiger partial charge in [-0.1, -0.05) is 0 Å². The molecule has 2 atom stereocenters. The van der Waals surface area contributed by atoms with Crippen LogP contribution < -0.4 is 10.6 Å². The lowest BCUT2D eigenvalue weighted by atomic mass is 10.2. The Labute approximate surface area is 111 Å². The molecule has 0 rings (SSSR count). The van der Waals surface area contributed by atoms with Crippen molar-refractivity contribution in [1.29, 1.82) is 0 Å². The topological polar surface area (TPSA) is 113 Å². The molecule has 0 aliphatic rings. The monoisotopic (exact) mass is 272 g/mol. The van der Waals surface area contributed by atoms with Crippen molar-refractivity contribution in [2.45, 2.75) is 51.6 Å². The van der Waals surface area contributed by atoms with Gasteiger partial charge in [-0.3, -0.25) is 14.4 Å². The molecule has 0 aliphatic heterocycles. The van der Waals surface area contributed by atoms with Gasteiger partial charge in [-0.15, -0.1) is 0 Å². The maximum atomic E-state index is 11.5. The van der Waals surface area contributed by atoms with E-state index in [1.807, 2.05) is 0 Å². The van der Waals surface area contributed by atoms with Gasteiger partial charge in [-0.25, -0.2) is 0 Å². The summed E-state index contributed by atoms with van der Waals surface area (Å²) >= 11 is 0. The van der Waals surface area contributed by atoms with Crippen molar-refractivity contribution in [3.63, 3.8) is 0 Å². The third-order valence-electron chi connectivity index (χ3n) is 2.48. The molecule has 19 heavy (non-hydrogen) atoms. The fourth-order valence-corrected chi connectivity index (χ4v) is 1.29. The lowest BCUT2D eigenvalue weighted by Gasteiger charge is -2.16. The number of unbranched alkanes of at least 4 members (excludes halogenated alkanes) is 2. The number of amides is 2. The Balaban J connectivity index is 3.97. The molecule has 0 aromatic rings. The molecule has 3 N–H and O–H groups in total. The van der Waals surface area contributed by atoms with E-state index in [2.05, 4.69) is 10.6 Å². The second-order valence-electron chi connectivity index (χ2n) is 4.27. The van der Waals surface area contributed by atoms with Crippen LogP contribution in [0.3, 0.4) is 0 Å². The van der Waals surface area contributed by atoms with E-state index in [0.717, 1.165) is 6.29 Å². The van der Waals surface area contributed by atoms with E-state index in [1.54, 1.807) is 0 Å². The first kappa shape index (κ1) is 17.1. The standard InChI is InChI=1S/C12H20N2O5/c1-8(11(17)14-9(2)12(18)19)13-10(16)6-4-3-5-7-15/h7-9H,3-6H2,1-2H3,(H,13,16)(H,14,17)(H,18,19)/t8-,9-/m0/s1. The van der Waals surface area contributed by atoms with Crippen molar-refractivity contribution in [2.75, 3.05) is 0 Å². The summed E-state index contributed by atoms with van der Waals surface area (Å²) in [7, 11) is 0. The minimum atomic E-state index is -1.14. The maximum Gasteiger partial charge on any atom is 0.325 e. The van der Waals surface area contributed by atoms with Gasteiger partial charge in [-0.05, 0) is 26.7 Å². The number of hydrogen-bond donors (Lipinski definition) is 3. The van der Waals surface area contributed by atoms with Crippen LogP contribution in [0.15, 0.2) is 0 Å². The van der Waals surface area contributed by atoms with Crippen molar-refractivity contribution in [2.24, 2.45) is 0 Å². The minimum absolute atomic E-state index is 0.236. The number of nitrogens with one attached hydrogen (secondary N) is 2. The predicted molar refractivity (Wildman–Crippen MR) is 67.4 cm³/mol. The highest BCUT2D eigenvalue weighted by molar-refractivity contribution is 5.89. The molecule has 0 aromatic heterocycles. The summed E-state index contributed by atoms with van der Waals surface area (Å²) < 4.78 is 0. The van der Waals surface area contributed by atoms with Crippen molar-refractivity contribution in [1.82, 2.24) is 10.6 Å². The number of carboxylic acids is 1. The van der Waals surface area contributed by atoms with Crippen LogP contribution in [0.5, 0.6) is 0 Å². The quantitative estimate of drug-likeness (QED) is 0.399. The Bertz CT molecular complexity index is 343. The highest BCUT2D eigenvalue weighted by atomic mass is 16.4. The Kier molecular flexibility index (Phi) is 8.15. The lowest BCUT2D eigenvalue weighted by molar-refractivity contribution is -0.141. The molecule has 0 bridgehead atoms. The highest BCUT2D eigenvalue weighted by Gasteiger charge is 2.19. The van der Waals surface area contributed by atoms with Gasteiger partial charge in [0.2, 0.25) is 11.8 Å². The molecule has 2 amide bonds. The molecular weight excluding hydrogens is 252 g/mol. The van der Waals surface area contributed by atoms with E-state index in [9.17, 15) is 19.2 Å². The summed E-state index contributed by atoms with van der Waals surface area (Å²) in [4.78, 5) is 43.6. The normalized spacial score (nSPS) is 13.2. The molecule has 0 radical (unpaired) electrons. The van der Waals surface area contributed by atoms with Gasteiger partial charge < -0.3 is 20.5 Å². The lowest BCUT2D eigenvalue weighted by Crippen LogP contribution is -2.49. The van der Waals surface area contributed by atoms with Crippen molar-refractivity contribution >= 4 is 24.1 Å². The second kappa shape index (κ2) is 9.07. The number of carboxylic acid groups (broad SMARTS) is 1. The molecular formula is C12H20N2O5. The number of rotatable bonds is 9. The van der Waals surface area contributed by atoms with Crippen LogP contribution in [0.1, 0.15) is 39.5 Å². The molecule has 7 heteroatoms. The fourth-order valence-electron chi connectivity index (χ4n) is 1.29. The van der Waals surface area contributed by atoms with E-state index in [0.29, 0.717) is 19.3 Å². The van der Waals surface area contributed by atoms with Gasteiger partial charge in [-0.2, -0.15) is 0 Å². The Morgan fingerprint density at radius 1 is 1.11 bits per heavy atom. The summed E-state index contributed by atoms with van der Waals surface area (Å²) in [6.45, 7) is 2.82. The number of carbonyl (C=O) groups is 4. The molecule has 0 aromatic carbocycles. The average molecular weight is 272 g/mol. The van der Waals surface area contributed by atoms with Crippen molar-refractivity contribution in [3.8, 4) is 0 Å². The van der Waals surface area contributed by atoms with Crippen molar-refractivity contribution < 1.29 is 24.3 Å². The third kappa shape index (κ3) is 7.91. The number of hydrogen-bond acceptors (Lipinski definition) is 4. The average Bonchev–Trinajstić information content (AvgIpc) is 2.34. The zero-order valence-corrected chi connectivity index (χ0v) is 11.1. The van der Waals surface area contributed by atoms with E-state index in [4.69, 9.17) is 5.11 Å². The maximum absolute atomic E-state index is 11.5. The first-order valence-electron chi connectivity index (χ1n) is 6.14. The van der Waals surface area contributed by atoms with Crippen LogP contribution in [0, 0.1) is 0 Å². The first-order valence-corrected chi connectivity index (χ1v) is 6.14. The van der Waals surface area contributed by atoms with E-state index in [-0.39, 0.29) is 12.3 Å². The van der Waals surface area contributed by atoms with Crippen LogP contribution in [-0.4, -0.2) is 41.3 Å². The van der Waals surface area contributed by atoms with Gasteiger partial charge >= 0.3 is 5.97 Å². The molecule has 0 saturated heterocycles. The van der Waals surface area contributed by atoms with Crippen LogP contribution in [0.4, 0.5) is 0 Å². The zero-order chi connectivity index (χ0) is 14.8. The molecule has 108 valence electrons. The van der Waals surface area contributed by atoms with Gasteiger partial charge in [0, 0.05) is 12.8 Å². The van der Waals surface area contributed by atoms with Crippen LogP contribution in [0.2, 0.25) is 0 Å². The number of aldehydes is 1. The second-order valence-corrected chi connectivity index (χ2v) is 4.27. The van der Waals surface area contributed by atoms with Gasteiger partial charge in [0.1, 0.15) is 18.4 Å². The zero-order valence-electron chi connectivity index (χ0n) is 11.1. The Morgan fingerprint density at radius 3 is 2.26 bits per heavy atom. The van der Waals surface area contributed by atoms with E-state index in [1.165, 1.54) is 13.8 Å². The SMILES string of the molecule is C[C@H](NC(=O)[C@H](C)NC(=O)CCCCC=O)C(=O)O. The summed E-state index contributed by atoms with van der Waals surface area (Å²) in [5, 5.41) is 13.4. The van der Waals surface area contributed by atoms with Crippen LogP contribution >= 0.6 is 0 Å². The van der Waals surface area contributed by atoms with E-state index >= 15 is 0 Å². The molecule has 0 saturated carbocycles. The Morgan fingerprint density at radius 2 is 1.74 bits per heavy atom. The summed E-state index contributed by atoms with van der Waals surface area (Å²) in [6.07, 6.45) is 2.65. The molecule has 0 aliphatic carbocycles. The van der Waals surface area contributed by atoms with Gasteiger partial charge in [0.05, 0.1) is 0 Å². The largest absolute Gasteiger partial charge is 0.480 e. The Hall–Kier alpha value is -1.92. The summed E-state index contributed by atoms with van der Waals surface area (Å²) in [5.41, 5.74) is 0. The van der Waals surface area contributed by atoms with Crippen LogP contribution in [-0.2, 0) is 19.2 Å². The molecule has 0 unspecified atom stereocenters. The molecule has 0 heterocycles. The fraction of sp³-hybridized carbons (Fsp3) is 0.667. The number of carbonyl (C=O) groups excluding carboxylic acids is 3. The minimum Gasteiger partial charge on any atom is -0.480 e. The first-order chi connectivity index (χ1) is 8.88. The molecule has 7 nitrogen and oxygen atoms in total. The number of aliphatic carboxylic acids is 1. The smallest absolute Gasteiger partial charge is 0.325 e. The van der Waals surface area contributed by atoms with Crippen molar-refractivity contribution in [3.05, 3.63) is 0 Å². The van der Waals surface area contributed by atoms with Crippen LogP contribution in [0.25, 0.3) is 0 Å². The van der Waals surface area contributed by atoms with Gasteiger partial charge in [0.15, 0.2) is 0 Å². The summed E-state index contributed by atoms with van der Waals surface area (Å²) in [6, 6.07) is -1.79.